The third-order valence-electron chi connectivity index (χ3n) is 5.76. The van der Waals surface area contributed by atoms with Crippen molar-refractivity contribution in [3.05, 3.63) is 35.4 Å². The van der Waals surface area contributed by atoms with Crippen LogP contribution in [0.2, 0.25) is 0 Å². The molecule has 8 heteroatoms. The predicted molar refractivity (Wildman–Crippen MR) is 111 cm³/mol. The van der Waals surface area contributed by atoms with Crippen molar-refractivity contribution in [1.82, 2.24) is 14.1 Å². The molecule has 29 heavy (non-hydrogen) atoms. The summed E-state index contributed by atoms with van der Waals surface area (Å²) in [6.07, 6.45) is 2.11. The van der Waals surface area contributed by atoms with E-state index in [1.807, 2.05) is 36.1 Å². The van der Waals surface area contributed by atoms with Gasteiger partial charge in [0.05, 0.1) is 23.3 Å². The number of nitriles is 1. The van der Waals surface area contributed by atoms with Crippen LogP contribution in [0.15, 0.2) is 24.3 Å². The molecule has 0 N–H and O–H groups in total. The Labute approximate surface area is 173 Å². The molecule has 3 rings (SSSR count). The minimum absolute atomic E-state index is 0.0967. The van der Waals surface area contributed by atoms with Gasteiger partial charge < -0.3 is 4.90 Å². The summed E-state index contributed by atoms with van der Waals surface area (Å²) >= 11 is 0. The van der Waals surface area contributed by atoms with Crippen LogP contribution in [0.1, 0.15) is 37.3 Å². The van der Waals surface area contributed by atoms with Crippen LogP contribution in [0.5, 0.6) is 0 Å². The van der Waals surface area contributed by atoms with Gasteiger partial charge in [-0.15, -0.1) is 0 Å². The fourth-order valence-corrected chi connectivity index (χ4v) is 5.70. The molecule has 1 aromatic carbocycles. The normalized spacial score (nSPS) is 21.7. The van der Waals surface area contributed by atoms with Gasteiger partial charge in [-0.1, -0.05) is 19.1 Å². The molecule has 2 heterocycles. The highest BCUT2D eigenvalue weighted by Gasteiger charge is 2.34. The van der Waals surface area contributed by atoms with Gasteiger partial charge in [-0.05, 0) is 37.0 Å². The number of rotatable bonds is 6. The molecule has 0 radical (unpaired) electrons. The first-order valence-corrected chi connectivity index (χ1v) is 12.0. The van der Waals surface area contributed by atoms with E-state index in [4.69, 9.17) is 5.26 Å². The maximum atomic E-state index is 13.0. The molecule has 0 bridgehead atoms. The van der Waals surface area contributed by atoms with Gasteiger partial charge in [0.2, 0.25) is 15.9 Å². The lowest BCUT2D eigenvalue weighted by Gasteiger charge is -2.38. The van der Waals surface area contributed by atoms with Crippen LogP contribution in [0.3, 0.4) is 0 Å². The molecule has 1 amide bonds. The number of carbonyl (C=O) groups is 1. The van der Waals surface area contributed by atoms with Crippen molar-refractivity contribution in [3.63, 3.8) is 0 Å². The van der Waals surface area contributed by atoms with Crippen molar-refractivity contribution in [2.75, 3.05) is 45.0 Å². The minimum atomic E-state index is -3.24. The highest BCUT2D eigenvalue weighted by atomic mass is 32.2. The maximum absolute atomic E-state index is 13.0. The van der Waals surface area contributed by atoms with E-state index in [0.29, 0.717) is 38.2 Å². The average Bonchev–Trinajstić information content (AvgIpc) is 2.74. The molecular formula is C21H30N4O3S. The summed E-state index contributed by atoms with van der Waals surface area (Å²) in [6, 6.07) is 9.74. The molecular weight excluding hydrogens is 388 g/mol. The highest BCUT2D eigenvalue weighted by molar-refractivity contribution is 7.89. The van der Waals surface area contributed by atoms with Crippen molar-refractivity contribution in [3.8, 4) is 6.07 Å². The first kappa shape index (κ1) is 21.8. The van der Waals surface area contributed by atoms with Gasteiger partial charge in [0.25, 0.3) is 0 Å². The summed E-state index contributed by atoms with van der Waals surface area (Å²) in [5.41, 5.74) is 1.82. The molecule has 2 aliphatic heterocycles. The standard InChI is InChI=1S/C21H30N4O3S/c1-2-14-29(27,28)25-9-3-4-20(17-25)21(26)24-12-10-23(11-13-24)16-19-7-5-18(15-22)6-8-19/h5-8,20H,2-4,9-14,16-17H2,1H3/t20-/m0/s1. The second kappa shape index (κ2) is 9.70. The van der Waals surface area contributed by atoms with E-state index in [0.717, 1.165) is 38.0 Å². The summed E-state index contributed by atoms with van der Waals surface area (Å²) in [6.45, 7) is 6.48. The molecule has 158 valence electrons. The Morgan fingerprint density at radius 2 is 1.83 bits per heavy atom. The first-order valence-electron chi connectivity index (χ1n) is 10.4. The molecule has 1 atom stereocenters. The second-order valence-electron chi connectivity index (χ2n) is 7.92. The van der Waals surface area contributed by atoms with Crippen LogP contribution in [-0.2, 0) is 21.4 Å². The van der Waals surface area contributed by atoms with Gasteiger partial charge in [0, 0.05) is 45.8 Å². The van der Waals surface area contributed by atoms with E-state index in [9.17, 15) is 13.2 Å². The SMILES string of the molecule is CCCS(=O)(=O)N1CCC[C@H](C(=O)N2CCN(Cc3ccc(C#N)cc3)CC2)C1. The second-order valence-corrected chi connectivity index (χ2v) is 10.0. The van der Waals surface area contributed by atoms with E-state index in [1.54, 1.807) is 0 Å². The van der Waals surface area contributed by atoms with Crippen molar-refractivity contribution in [1.29, 1.82) is 5.26 Å². The van der Waals surface area contributed by atoms with Crippen molar-refractivity contribution in [2.45, 2.75) is 32.7 Å². The molecule has 0 aromatic heterocycles. The van der Waals surface area contributed by atoms with Crippen LogP contribution in [-0.4, -0.2) is 73.5 Å². The Morgan fingerprint density at radius 1 is 1.14 bits per heavy atom. The number of nitrogens with zero attached hydrogens (tertiary/aromatic N) is 4. The van der Waals surface area contributed by atoms with Crippen LogP contribution in [0, 0.1) is 17.2 Å². The lowest BCUT2D eigenvalue weighted by atomic mass is 9.97. The maximum Gasteiger partial charge on any atom is 0.227 e. The third-order valence-corrected chi connectivity index (χ3v) is 7.80. The van der Waals surface area contributed by atoms with E-state index >= 15 is 0 Å². The fourth-order valence-electron chi connectivity index (χ4n) is 4.11. The number of sulfonamides is 1. The Morgan fingerprint density at radius 3 is 2.45 bits per heavy atom. The quantitative estimate of drug-likeness (QED) is 0.701. The Balaban J connectivity index is 1.51. The smallest absolute Gasteiger partial charge is 0.227 e. The highest BCUT2D eigenvalue weighted by Crippen LogP contribution is 2.22. The topological polar surface area (TPSA) is 84.7 Å². The molecule has 0 saturated carbocycles. The zero-order chi connectivity index (χ0) is 20.9. The predicted octanol–water partition coefficient (Wildman–Crippen LogP) is 1.65. The average molecular weight is 419 g/mol. The number of amides is 1. The Kier molecular flexibility index (Phi) is 7.28. The van der Waals surface area contributed by atoms with E-state index < -0.39 is 10.0 Å². The lowest BCUT2D eigenvalue weighted by Crippen LogP contribution is -2.52. The number of benzene rings is 1. The lowest BCUT2D eigenvalue weighted by molar-refractivity contribution is -0.138. The Hall–Kier alpha value is -1.95. The zero-order valence-electron chi connectivity index (χ0n) is 17.1. The molecule has 2 aliphatic rings. The van der Waals surface area contributed by atoms with E-state index in [-0.39, 0.29) is 17.6 Å². The third kappa shape index (κ3) is 5.56. The number of hydrogen-bond donors (Lipinski definition) is 0. The molecule has 2 saturated heterocycles. The van der Waals surface area contributed by atoms with Gasteiger partial charge in [0.1, 0.15) is 0 Å². The van der Waals surface area contributed by atoms with Crippen LogP contribution in [0.4, 0.5) is 0 Å². The number of piperidine rings is 1. The molecule has 1 aromatic rings. The monoisotopic (exact) mass is 418 g/mol. The molecule has 2 fully saturated rings. The van der Waals surface area contributed by atoms with Gasteiger partial charge in [-0.2, -0.15) is 5.26 Å². The molecule has 7 nitrogen and oxygen atoms in total. The number of carbonyl (C=O) groups excluding carboxylic acids is 1. The van der Waals surface area contributed by atoms with Crippen molar-refractivity contribution >= 4 is 15.9 Å². The molecule has 0 unspecified atom stereocenters. The fraction of sp³-hybridized carbons (Fsp3) is 0.619. The van der Waals surface area contributed by atoms with Gasteiger partial charge in [-0.3, -0.25) is 9.69 Å². The van der Waals surface area contributed by atoms with E-state index in [1.165, 1.54) is 4.31 Å². The largest absolute Gasteiger partial charge is 0.340 e. The van der Waals surface area contributed by atoms with Gasteiger partial charge in [0.15, 0.2) is 0 Å². The summed E-state index contributed by atoms with van der Waals surface area (Å²) in [7, 11) is -3.24. The van der Waals surface area contributed by atoms with Crippen LogP contribution < -0.4 is 0 Å². The van der Waals surface area contributed by atoms with E-state index in [2.05, 4.69) is 11.0 Å². The van der Waals surface area contributed by atoms with Gasteiger partial charge >= 0.3 is 0 Å². The molecule has 0 aliphatic carbocycles. The van der Waals surface area contributed by atoms with Crippen LogP contribution >= 0.6 is 0 Å². The summed E-state index contributed by atoms with van der Waals surface area (Å²) in [4.78, 5) is 17.2. The van der Waals surface area contributed by atoms with Crippen molar-refractivity contribution < 1.29 is 13.2 Å². The Bertz CT molecular complexity index is 840. The summed E-state index contributed by atoms with van der Waals surface area (Å²) in [5, 5.41) is 8.89. The summed E-state index contributed by atoms with van der Waals surface area (Å²) in [5.74, 6) is 0.0296. The van der Waals surface area contributed by atoms with Gasteiger partial charge in [-0.25, -0.2) is 12.7 Å². The number of hydrogen-bond acceptors (Lipinski definition) is 5. The van der Waals surface area contributed by atoms with Crippen LogP contribution in [0.25, 0.3) is 0 Å². The molecule has 0 spiro atoms. The number of piperazine rings is 1. The minimum Gasteiger partial charge on any atom is -0.340 e. The first-order chi connectivity index (χ1) is 13.9. The zero-order valence-corrected chi connectivity index (χ0v) is 17.9. The van der Waals surface area contributed by atoms with Crippen molar-refractivity contribution in [2.24, 2.45) is 5.92 Å². The summed E-state index contributed by atoms with van der Waals surface area (Å²) < 4.78 is 26.2.